The fraction of sp³-hybridized carbons (Fsp3) is 0.462. The maximum absolute atomic E-state index is 8.88. The third kappa shape index (κ3) is 5.94. The average molecular weight is 876 g/mol. The van der Waals surface area contributed by atoms with E-state index in [2.05, 4.69) is 131 Å². The molecule has 7 aliphatic rings. The van der Waals surface area contributed by atoms with Crippen molar-refractivity contribution < 1.29 is 15.6 Å². The quantitative estimate of drug-likeness (QED) is 0.155. The Morgan fingerprint density at radius 1 is 0.643 bits per heavy atom. The second-order valence-electron chi connectivity index (χ2n) is 20.3. The number of fused-ring (bicyclic) bond motifs is 2. The first-order chi connectivity index (χ1) is 26.9. The van der Waals surface area contributed by atoms with E-state index in [9.17, 15) is 0 Å². The van der Waals surface area contributed by atoms with Crippen molar-refractivity contribution >= 4 is 35.1 Å². The van der Waals surface area contributed by atoms with E-state index in [0.717, 1.165) is 17.8 Å². The Morgan fingerprint density at radius 3 is 1.70 bits per heavy atom. The van der Waals surface area contributed by atoms with Crippen LogP contribution in [0, 0.1) is 23.7 Å². The van der Waals surface area contributed by atoms with Crippen molar-refractivity contribution in [3.8, 4) is 22.3 Å². The Bertz CT molecular complexity index is 2200. The second kappa shape index (κ2) is 14.1. The van der Waals surface area contributed by atoms with Crippen LogP contribution >= 0.6 is 17.0 Å². The Balaban J connectivity index is 1.07. The zero-order chi connectivity index (χ0) is 38.6. The van der Waals surface area contributed by atoms with E-state index in [1.807, 2.05) is 0 Å². The monoisotopic (exact) mass is 873 g/mol. The van der Waals surface area contributed by atoms with Gasteiger partial charge in [-0.15, -0.1) is 0 Å². The standard InChI is InChI=1S/C26H27.C24H27.C2H7Si.2ClH.Zr/c1-17-9-22-3-2-4-24(25(22)10-17)21-5-7-23(8-6-21)26-14-18-11-19(15-26)13-20(12-18)16-26;1-17(2)18-11-13-20(14-12-18)23-10-6-9-21-15-22(16-24(21)23)19-7-4-3-5-8-19;1-3-2;;;/h2-10,18-20H,11-16H2,1H3;6,9-17,19H,3-5,7-8H2,1-2H3;3H,1-2H3;2*1H;/q;;;;;+2/p-2. The second-order valence-corrected chi connectivity index (χ2v) is 62.8. The molecule has 4 heteroatoms. The van der Waals surface area contributed by atoms with Crippen molar-refractivity contribution in [2.75, 3.05) is 0 Å². The van der Waals surface area contributed by atoms with Gasteiger partial charge in [-0.05, 0) is 0 Å². The number of allylic oxidation sites excluding steroid dienone is 2. The van der Waals surface area contributed by atoms with Gasteiger partial charge in [0.25, 0.3) is 0 Å². The van der Waals surface area contributed by atoms with Crippen LogP contribution < -0.4 is 0 Å². The van der Waals surface area contributed by atoms with Crippen LogP contribution in [0.5, 0.6) is 0 Å². The van der Waals surface area contributed by atoms with E-state index >= 15 is 0 Å². The SMILES string of the molecule is CC1=Cc2c(-c3ccc(C45CC6CC(CC(C6)C4)C5)cc3)cccc2[CH]1[Zr]([Cl])([Cl])([CH]1C(C2CCCCC2)=Cc2c(-c3ccc(C(C)C)cc3)cccc21)[SiH](C)C. The van der Waals surface area contributed by atoms with E-state index in [1.54, 1.807) is 11.1 Å². The summed E-state index contributed by atoms with van der Waals surface area (Å²) in [6.07, 6.45) is 20.3. The Morgan fingerprint density at radius 2 is 1.16 bits per heavy atom. The molecule has 0 N–H and O–H groups in total. The third-order valence-electron chi connectivity index (χ3n) is 16.4. The van der Waals surface area contributed by atoms with Gasteiger partial charge < -0.3 is 0 Å². The Kier molecular flexibility index (Phi) is 9.61. The van der Waals surface area contributed by atoms with Gasteiger partial charge in [0.1, 0.15) is 0 Å². The van der Waals surface area contributed by atoms with Gasteiger partial charge in [-0.1, -0.05) is 0 Å². The molecule has 0 aliphatic heterocycles. The van der Waals surface area contributed by atoms with Gasteiger partial charge in [-0.25, -0.2) is 0 Å². The van der Waals surface area contributed by atoms with Crippen molar-refractivity contribution in [2.45, 2.75) is 123 Å². The summed E-state index contributed by atoms with van der Waals surface area (Å²) in [6.45, 7) is 11.9. The summed E-state index contributed by atoms with van der Waals surface area (Å²) >= 11 is -4.88. The Hall–Kier alpha value is -1.96. The van der Waals surface area contributed by atoms with Crippen molar-refractivity contribution in [2.24, 2.45) is 23.7 Å². The van der Waals surface area contributed by atoms with Crippen LogP contribution in [0.3, 0.4) is 0 Å². The van der Waals surface area contributed by atoms with Crippen LogP contribution in [0.2, 0.25) is 13.1 Å². The molecular formula is C52H61Cl2SiZr. The Labute approximate surface area is 346 Å². The molecule has 4 bridgehead atoms. The van der Waals surface area contributed by atoms with Crippen LogP contribution in [0.1, 0.15) is 138 Å². The number of hydrogen-bond donors (Lipinski definition) is 0. The molecule has 5 saturated carbocycles. The summed E-state index contributed by atoms with van der Waals surface area (Å²) in [5, 5.41) is 0. The topological polar surface area (TPSA) is 0 Å². The van der Waals surface area contributed by atoms with Crippen molar-refractivity contribution in [3.63, 3.8) is 0 Å². The molecule has 0 saturated heterocycles. The summed E-state index contributed by atoms with van der Waals surface area (Å²) < 4.78 is 0.256. The van der Waals surface area contributed by atoms with E-state index in [0.29, 0.717) is 17.3 Å². The van der Waals surface area contributed by atoms with Crippen LogP contribution in [-0.2, 0) is 21.0 Å². The summed E-state index contributed by atoms with van der Waals surface area (Å²) in [5.74, 6) is 2.30. The molecule has 5 fully saturated rings. The first kappa shape index (κ1) is 38.3. The number of halogens is 2. The molecule has 0 aromatic heterocycles. The van der Waals surface area contributed by atoms with Gasteiger partial charge in [0, 0.05) is 0 Å². The molecule has 0 spiro atoms. The van der Waals surface area contributed by atoms with Gasteiger partial charge in [0.05, 0.1) is 0 Å². The van der Waals surface area contributed by atoms with E-state index in [4.69, 9.17) is 17.0 Å². The molecule has 4 aromatic rings. The molecule has 291 valence electrons. The van der Waals surface area contributed by atoms with E-state index in [-0.39, 0.29) is 7.25 Å². The summed E-state index contributed by atoms with van der Waals surface area (Å²) in [6, 6.07) is 33.4. The van der Waals surface area contributed by atoms with Gasteiger partial charge >= 0.3 is 349 Å². The van der Waals surface area contributed by atoms with Gasteiger partial charge in [0.2, 0.25) is 0 Å². The van der Waals surface area contributed by atoms with Gasteiger partial charge in [-0.3, -0.25) is 0 Å². The zero-order valence-corrected chi connectivity index (χ0v) is 39.5. The molecule has 0 nitrogen and oxygen atoms in total. The minimum atomic E-state index is -4.88. The molecule has 56 heavy (non-hydrogen) atoms. The molecule has 0 radical (unpaired) electrons. The molecule has 11 rings (SSSR count). The predicted octanol–water partition coefficient (Wildman–Crippen LogP) is 15.8. The maximum atomic E-state index is 8.88. The summed E-state index contributed by atoms with van der Waals surface area (Å²) in [5.41, 5.74) is 17.3. The van der Waals surface area contributed by atoms with Crippen LogP contribution in [0.15, 0.2) is 96.1 Å². The molecule has 0 heterocycles. The molecule has 2 atom stereocenters. The van der Waals surface area contributed by atoms with E-state index < -0.39 is 21.5 Å². The van der Waals surface area contributed by atoms with Crippen molar-refractivity contribution in [3.05, 3.63) is 129 Å². The predicted molar refractivity (Wildman–Crippen MR) is 242 cm³/mol. The number of hydrogen-bond acceptors (Lipinski definition) is 0. The van der Waals surface area contributed by atoms with Gasteiger partial charge in [-0.2, -0.15) is 0 Å². The van der Waals surface area contributed by atoms with Crippen LogP contribution in [-0.4, -0.2) is 5.92 Å². The summed E-state index contributed by atoms with van der Waals surface area (Å²) in [4.78, 5) is 0. The molecule has 2 unspecified atom stereocenters. The first-order valence-electron chi connectivity index (χ1n) is 22.4. The van der Waals surface area contributed by atoms with Crippen molar-refractivity contribution in [1.29, 1.82) is 0 Å². The molecule has 7 aliphatic carbocycles. The normalized spacial score (nSPS) is 28.9. The van der Waals surface area contributed by atoms with Crippen molar-refractivity contribution in [1.82, 2.24) is 0 Å². The average Bonchev–Trinajstić information content (AvgIpc) is 3.77. The molecule has 4 aromatic carbocycles. The number of benzene rings is 4. The minimum absolute atomic E-state index is 0.115. The third-order valence-corrected chi connectivity index (χ3v) is 68.4. The van der Waals surface area contributed by atoms with Gasteiger partial charge in [0.15, 0.2) is 0 Å². The fourth-order valence-electron chi connectivity index (χ4n) is 14.0. The number of rotatable bonds is 8. The first-order valence-corrected chi connectivity index (χ1v) is 38.7. The fourth-order valence-corrected chi connectivity index (χ4v) is 45.9. The van der Waals surface area contributed by atoms with E-state index in [1.165, 1.54) is 126 Å². The van der Waals surface area contributed by atoms with Crippen LogP contribution in [0.25, 0.3) is 34.4 Å². The molecular weight excluding hydrogens is 815 g/mol. The molecule has 0 amide bonds. The zero-order valence-electron chi connectivity index (χ0n) is 34.4. The van der Waals surface area contributed by atoms with Crippen LogP contribution in [0.4, 0.5) is 0 Å². The summed E-state index contributed by atoms with van der Waals surface area (Å²) in [7, 11) is 17.8.